The fourth-order valence-corrected chi connectivity index (χ4v) is 4.27. The van der Waals surface area contributed by atoms with Crippen molar-refractivity contribution in [3.8, 4) is 0 Å². The van der Waals surface area contributed by atoms with Crippen molar-refractivity contribution in [3.63, 3.8) is 0 Å². The van der Waals surface area contributed by atoms with Gasteiger partial charge in [0.2, 0.25) is 0 Å². The number of hydrogen-bond acceptors (Lipinski definition) is 5. The van der Waals surface area contributed by atoms with Crippen molar-refractivity contribution >= 4 is 39.0 Å². The standard InChI is InChI=1S/C13H14BrN3OS2/c1-19-13-15-10-4-5-17(7-9(10)12(18)16-13)6-8-2-3-11(14)20-8/h2-3H,4-7H2,1H3,(H,15,16,18). The minimum Gasteiger partial charge on any atom is -0.301 e. The van der Waals surface area contributed by atoms with Crippen LogP contribution in [0.3, 0.4) is 0 Å². The average Bonchev–Trinajstić information content (AvgIpc) is 2.84. The summed E-state index contributed by atoms with van der Waals surface area (Å²) in [5.74, 6) is 0. The van der Waals surface area contributed by atoms with E-state index in [1.807, 2.05) is 6.26 Å². The van der Waals surface area contributed by atoms with Gasteiger partial charge in [0.1, 0.15) is 0 Å². The molecule has 0 radical (unpaired) electrons. The van der Waals surface area contributed by atoms with Gasteiger partial charge >= 0.3 is 0 Å². The number of nitrogens with one attached hydrogen (secondary N) is 1. The van der Waals surface area contributed by atoms with E-state index in [2.05, 4.69) is 42.9 Å². The van der Waals surface area contributed by atoms with E-state index in [0.717, 1.165) is 34.6 Å². The summed E-state index contributed by atoms with van der Waals surface area (Å²) in [6.45, 7) is 2.52. The smallest absolute Gasteiger partial charge is 0.256 e. The number of aromatic nitrogens is 2. The van der Waals surface area contributed by atoms with E-state index >= 15 is 0 Å². The summed E-state index contributed by atoms with van der Waals surface area (Å²) in [5, 5.41) is 0.712. The number of aromatic amines is 1. The summed E-state index contributed by atoms with van der Waals surface area (Å²) < 4.78 is 1.15. The number of thiophene rings is 1. The lowest BCUT2D eigenvalue weighted by Gasteiger charge is -2.27. The van der Waals surface area contributed by atoms with E-state index in [1.165, 1.54) is 16.6 Å². The van der Waals surface area contributed by atoms with Gasteiger partial charge < -0.3 is 4.98 Å². The third-order valence-electron chi connectivity index (χ3n) is 3.33. The number of thioether (sulfide) groups is 1. The lowest BCUT2D eigenvalue weighted by Crippen LogP contribution is -2.35. The predicted molar refractivity (Wildman–Crippen MR) is 86.5 cm³/mol. The molecule has 106 valence electrons. The molecule has 3 rings (SSSR count). The highest BCUT2D eigenvalue weighted by Crippen LogP contribution is 2.25. The SMILES string of the molecule is CSc1nc2c(c(=O)[nH]1)CN(Cc1ccc(Br)s1)CC2. The van der Waals surface area contributed by atoms with E-state index in [1.54, 1.807) is 11.3 Å². The Bertz CT molecular complexity index is 682. The Labute approximate surface area is 133 Å². The molecule has 1 N–H and O–H groups in total. The van der Waals surface area contributed by atoms with Gasteiger partial charge in [-0.2, -0.15) is 0 Å². The molecular weight excluding hydrogens is 358 g/mol. The first kappa shape index (κ1) is 14.3. The van der Waals surface area contributed by atoms with Crippen LogP contribution in [0.5, 0.6) is 0 Å². The first-order valence-electron chi connectivity index (χ1n) is 6.28. The molecule has 2 aromatic heterocycles. The lowest BCUT2D eigenvalue weighted by atomic mass is 10.1. The molecule has 2 aromatic rings. The number of fused-ring (bicyclic) bond motifs is 1. The quantitative estimate of drug-likeness (QED) is 0.665. The summed E-state index contributed by atoms with van der Waals surface area (Å²) in [7, 11) is 0. The molecule has 0 aromatic carbocycles. The maximum absolute atomic E-state index is 12.1. The summed E-state index contributed by atoms with van der Waals surface area (Å²) >= 11 is 6.70. The molecule has 3 heterocycles. The van der Waals surface area contributed by atoms with Crippen LogP contribution in [-0.4, -0.2) is 27.7 Å². The van der Waals surface area contributed by atoms with Crippen molar-refractivity contribution in [2.75, 3.05) is 12.8 Å². The number of H-pyrrole nitrogens is 1. The van der Waals surface area contributed by atoms with Crippen molar-refractivity contribution in [1.82, 2.24) is 14.9 Å². The van der Waals surface area contributed by atoms with Gasteiger partial charge in [-0.25, -0.2) is 4.98 Å². The molecule has 0 spiro atoms. The largest absolute Gasteiger partial charge is 0.301 e. The van der Waals surface area contributed by atoms with Crippen molar-refractivity contribution in [2.24, 2.45) is 0 Å². The first-order valence-corrected chi connectivity index (χ1v) is 9.12. The molecule has 0 aliphatic carbocycles. The number of hydrogen-bond donors (Lipinski definition) is 1. The van der Waals surface area contributed by atoms with Crippen LogP contribution >= 0.6 is 39.0 Å². The van der Waals surface area contributed by atoms with Crippen LogP contribution in [-0.2, 0) is 19.5 Å². The van der Waals surface area contributed by atoms with Gasteiger partial charge in [0, 0.05) is 30.9 Å². The van der Waals surface area contributed by atoms with E-state index in [-0.39, 0.29) is 5.56 Å². The molecule has 0 saturated heterocycles. The summed E-state index contributed by atoms with van der Waals surface area (Å²) in [4.78, 5) is 23.1. The fraction of sp³-hybridized carbons (Fsp3) is 0.385. The zero-order valence-corrected chi connectivity index (χ0v) is 14.2. The van der Waals surface area contributed by atoms with E-state index in [9.17, 15) is 4.79 Å². The molecule has 4 nitrogen and oxygen atoms in total. The average molecular weight is 372 g/mol. The van der Waals surface area contributed by atoms with Gasteiger partial charge in [-0.1, -0.05) is 11.8 Å². The Hall–Kier alpha value is -0.630. The van der Waals surface area contributed by atoms with Gasteiger partial charge in [-0.05, 0) is 34.3 Å². The van der Waals surface area contributed by atoms with Crippen molar-refractivity contribution < 1.29 is 0 Å². The monoisotopic (exact) mass is 371 g/mol. The summed E-state index contributed by atoms with van der Waals surface area (Å²) in [6, 6.07) is 4.20. The van der Waals surface area contributed by atoms with Crippen molar-refractivity contribution in [1.29, 1.82) is 0 Å². The first-order chi connectivity index (χ1) is 9.65. The van der Waals surface area contributed by atoms with Crippen LogP contribution in [0, 0.1) is 0 Å². The molecule has 0 atom stereocenters. The van der Waals surface area contributed by atoms with Gasteiger partial charge in [0.25, 0.3) is 5.56 Å². The highest BCUT2D eigenvalue weighted by Gasteiger charge is 2.21. The maximum atomic E-state index is 12.1. The highest BCUT2D eigenvalue weighted by atomic mass is 79.9. The second-order valence-corrected chi connectivity index (χ2v) is 8.01. The second-order valence-electron chi connectivity index (χ2n) is 4.67. The van der Waals surface area contributed by atoms with Crippen molar-refractivity contribution in [2.45, 2.75) is 24.7 Å². The van der Waals surface area contributed by atoms with Crippen LogP contribution in [0.2, 0.25) is 0 Å². The number of nitrogens with zero attached hydrogens (tertiary/aromatic N) is 2. The summed E-state index contributed by atoms with van der Waals surface area (Å²) in [6.07, 6.45) is 2.77. The zero-order chi connectivity index (χ0) is 14.1. The third-order valence-corrected chi connectivity index (χ3v) is 5.52. The van der Waals surface area contributed by atoms with Gasteiger partial charge in [-0.3, -0.25) is 9.69 Å². The second kappa shape index (κ2) is 6.01. The number of rotatable bonds is 3. The lowest BCUT2D eigenvalue weighted by molar-refractivity contribution is 0.243. The Morgan fingerprint density at radius 2 is 2.40 bits per heavy atom. The molecule has 0 fully saturated rings. The molecule has 0 saturated carbocycles. The van der Waals surface area contributed by atoms with E-state index in [0.29, 0.717) is 11.7 Å². The molecule has 1 aliphatic heterocycles. The van der Waals surface area contributed by atoms with Crippen LogP contribution in [0.1, 0.15) is 16.1 Å². The van der Waals surface area contributed by atoms with Gasteiger partial charge in [-0.15, -0.1) is 11.3 Å². The highest BCUT2D eigenvalue weighted by molar-refractivity contribution is 9.11. The third kappa shape index (κ3) is 3.00. The Balaban J connectivity index is 1.80. The molecule has 7 heteroatoms. The molecule has 20 heavy (non-hydrogen) atoms. The topological polar surface area (TPSA) is 49.0 Å². The summed E-state index contributed by atoms with van der Waals surface area (Å²) in [5.41, 5.74) is 1.79. The molecule has 0 amide bonds. The zero-order valence-electron chi connectivity index (χ0n) is 11.0. The van der Waals surface area contributed by atoms with Crippen molar-refractivity contribution in [3.05, 3.63) is 42.4 Å². The Morgan fingerprint density at radius 1 is 1.55 bits per heavy atom. The van der Waals surface area contributed by atoms with Gasteiger partial charge in [0.15, 0.2) is 5.16 Å². The van der Waals surface area contributed by atoms with Crippen LogP contribution in [0.25, 0.3) is 0 Å². The molecular formula is C13H14BrN3OS2. The molecule has 0 bridgehead atoms. The molecule has 0 unspecified atom stereocenters. The minimum absolute atomic E-state index is 0.0106. The van der Waals surface area contributed by atoms with Crippen LogP contribution < -0.4 is 5.56 Å². The number of halogens is 1. The fourth-order valence-electron chi connectivity index (χ4n) is 2.35. The van der Waals surface area contributed by atoms with E-state index in [4.69, 9.17) is 0 Å². The van der Waals surface area contributed by atoms with Crippen LogP contribution in [0.4, 0.5) is 0 Å². The van der Waals surface area contributed by atoms with E-state index < -0.39 is 0 Å². The Kier molecular flexibility index (Phi) is 4.30. The molecule has 1 aliphatic rings. The Morgan fingerprint density at radius 3 is 3.10 bits per heavy atom. The van der Waals surface area contributed by atoms with Gasteiger partial charge in [0.05, 0.1) is 15.0 Å². The minimum atomic E-state index is 0.0106. The normalized spacial score (nSPS) is 15.3. The predicted octanol–water partition coefficient (Wildman–Crippen LogP) is 2.87. The van der Waals surface area contributed by atoms with Crippen LogP contribution in [0.15, 0.2) is 25.9 Å². The maximum Gasteiger partial charge on any atom is 0.256 e.